The zero-order valence-corrected chi connectivity index (χ0v) is 19.6. The molecule has 1 saturated heterocycles. The predicted molar refractivity (Wildman–Crippen MR) is 119 cm³/mol. The number of benzene rings is 2. The van der Waals surface area contributed by atoms with Gasteiger partial charge in [-0.05, 0) is 79.3 Å². The molecule has 3 aromatic rings. The first-order valence-corrected chi connectivity index (χ1v) is 12.6. The Morgan fingerprint density at radius 2 is 1.75 bits per heavy atom. The van der Waals surface area contributed by atoms with Crippen molar-refractivity contribution in [3.05, 3.63) is 77.4 Å². The van der Waals surface area contributed by atoms with Crippen LogP contribution in [0.25, 0.3) is 5.69 Å². The minimum atomic E-state index is -4.60. The lowest BCUT2D eigenvalue weighted by molar-refractivity contribution is -0.156. The molecular formula is C24H21F4N3O4S. The molecule has 2 atom stereocenters. The lowest BCUT2D eigenvalue weighted by Crippen LogP contribution is -2.57. The lowest BCUT2D eigenvalue weighted by Gasteiger charge is -2.47. The quantitative estimate of drug-likeness (QED) is 0.524. The number of nitrogens with zero attached hydrogens (tertiary/aromatic N) is 3. The number of rotatable bonds is 4. The monoisotopic (exact) mass is 523 g/mol. The predicted octanol–water partition coefficient (Wildman–Crippen LogP) is 3.91. The van der Waals surface area contributed by atoms with Crippen LogP contribution in [-0.4, -0.2) is 46.7 Å². The van der Waals surface area contributed by atoms with Gasteiger partial charge in [0.25, 0.3) is 0 Å². The maximum Gasteiger partial charge on any atom is 0.416 e. The van der Waals surface area contributed by atoms with E-state index in [1.165, 1.54) is 12.1 Å². The van der Waals surface area contributed by atoms with Crippen molar-refractivity contribution in [2.75, 3.05) is 13.1 Å². The third-order valence-corrected chi connectivity index (χ3v) is 9.04. The fourth-order valence-corrected chi connectivity index (χ4v) is 6.76. The summed E-state index contributed by atoms with van der Waals surface area (Å²) in [6.07, 6.45) is -2.43. The van der Waals surface area contributed by atoms with Crippen molar-refractivity contribution in [1.29, 1.82) is 0 Å². The molecule has 1 aliphatic carbocycles. The Morgan fingerprint density at radius 3 is 2.36 bits per heavy atom. The second-order valence-electron chi connectivity index (χ2n) is 9.19. The molecule has 5 rings (SSSR count). The van der Waals surface area contributed by atoms with Gasteiger partial charge in [-0.25, -0.2) is 17.5 Å². The van der Waals surface area contributed by atoms with Crippen molar-refractivity contribution in [2.24, 2.45) is 11.3 Å². The number of hydrogen-bond acceptors (Lipinski definition) is 4. The molecule has 1 aromatic heterocycles. The molecule has 0 saturated carbocycles. The molecular weight excluding hydrogens is 502 g/mol. The standard InChI is InChI=1S/C24H21F4N3O4S/c25-18-3-5-19(6-4-18)31-21-11-17-9-10-30(14-23(17,22(32)33)12-15(21)13-29-31)36(34,35)20-7-1-16(2-8-20)24(26,27)28/h1-8,13,17H,9-12,14H2,(H,32,33). The number of piperidine rings is 1. The minimum Gasteiger partial charge on any atom is -0.481 e. The van der Waals surface area contributed by atoms with Crippen molar-refractivity contribution in [1.82, 2.24) is 14.1 Å². The Bertz CT molecular complexity index is 1420. The summed E-state index contributed by atoms with van der Waals surface area (Å²) >= 11 is 0. The third-order valence-electron chi connectivity index (χ3n) is 7.18. The van der Waals surface area contributed by atoms with Gasteiger partial charge in [-0.2, -0.15) is 22.6 Å². The Labute approximate surface area is 204 Å². The van der Waals surface area contributed by atoms with Crippen molar-refractivity contribution >= 4 is 16.0 Å². The highest BCUT2D eigenvalue weighted by atomic mass is 32.2. The average molecular weight is 524 g/mol. The normalized spacial score (nSPS) is 22.6. The second-order valence-corrected chi connectivity index (χ2v) is 11.1. The zero-order valence-electron chi connectivity index (χ0n) is 18.7. The molecule has 2 aliphatic rings. The number of fused-ring (bicyclic) bond motifs is 2. The van der Waals surface area contributed by atoms with E-state index < -0.39 is 44.9 Å². The summed E-state index contributed by atoms with van der Waals surface area (Å²) in [6.45, 7) is -0.277. The summed E-state index contributed by atoms with van der Waals surface area (Å²) in [7, 11) is -4.22. The molecule has 2 aromatic carbocycles. The van der Waals surface area contributed by atoms with Gasteiger partial charge in [-0.1, -0.05) is 0 Å². The van der Waals surface area contributed by atoms with E-state index in [0.29, 0.717) is 29.8 Å². The number of alkyl halides is 3. The molecule has 2 unspecified atom stereocenters. The molecule has 1 fully saturated rings. The van der Waals surface area contributed by atoms with Crippen LogP contribution in [-0.2, 0) is 33.8 Å². The summed E-state index contributed by atoms with van der Waals surface area (Å²) < 4.78 is 81.2. The van der Waals surface area contributed by atoms with Crippen LogP contribution in [0.15, 0.2) is 59.6 Å². The molecule has 12 heteroatoms. The van der Waals surface area contributed by atoms with Crippen LogP contribution in [0.2, 0.25) is 0 Å². The average Bonchev–Trinajstić information content (AvgIpc) is 3.24. The molecule has 1 N–H and O–H groups in total. The lowest BCUT2D eigenvalue weighted by atomic mass is 9.63. The summed E-state index contributed by atoms with van der Waals surface area (Å²) in [4.78, 5) is 12.3. The number of aliphatic carboxylic acids is 1. The van der Waals surface area contributed by atoms with Gasteiger partial charge >= 0.3 is 12.1 Å². The van der Waals surface area contributed by atoms with Crippen molar-refractivity contribution in [3.63, 3.8) is 0 Å². The van der Waals surface area contributed by atoms with Crippen LogP contribution >= 0.6 is 0 Å². The highest BCUT2D eigenvalue weighted by molar-refractivity contribution is 7.89. The van der Waals surface area contributed by atoms with Crippen LogP contribution in [0.4, 0.5) is 17.6 Å². The number of carbonyl (C=O) groups is 1. The van der Waals surface area contributed by atoms with Gasteiger partial charge in [0, 0.05) is 18.8 Å². The van der Waals surface area contributed by atoms with Gasteiger partial charge in [0.2, 0.25) is 10.0 Å². The zero-order chi connectivity index (χ0) is 25.9. The van der Waals surface area contributed by atoms with Crippen molar-refractivity contribution < 1.29 is 35.9 Å². The van der Waals surface area contributed by atoms with Crippen LogP contribution in [0, 0.1) is 17.2 Å². The van der Waals surface area contributed by atoms with E-state index in [2.05, 4.69) is 5.10 Å². The summed E-state index contributed by atoms with van der Waals surface area (Å²) in [5.41, 5.74) is -0.307. The number of sulfonamides is 1. The largest absolute Gasteiger partial charge is 0.481 e. The third kappa shape index (κ3) is 3.97. The van der Waals surface area contributed by atoms with Crippen LogP contribution < -0.4 is 0 Å². The number of halogens is 4. The highest BCUT2D eigenvalue weighted by Gasteiger charge is 2.54. The van der Waals surface area contributed by atoms with E-state index in [0.717, 1.165) is 22.1 Å². The first-order valence-electron chi connectivity index (χ1n) is 11.1. The van der Waals surface area contributed by atoms with Gasteiger partial charge in [0.1, 0.15) is 5.82 Å². The van der Waals surface area contributed by atoms with Crippen LogP contribution in [0.5, 0.6) is 0 Å². The van der Waals surface area contributed by atoms with Crippen molar-refractivity contribution in [3.8, 4) is 5.69 Å². The number of hydrogen-bond donors (Lipinski definition) is 1. The van der Waals surface area contributed by atoms with Crippen molar-refractivity contribution in [2.45, 2.75) is 30.3 Å². The van der Waals surface area contributed by atoms with E-state index in [1.54, 1.807) is 23.0 Å². The van der Waals surface area contributed by atoms with E-state index in [9.17, 15) is 35.9 Å². The topological polar surface area (TPSA) is 92.5 Å². The van der Waals surface area contributed by atoms with E-state index >= 15 is 0 Å². The molecule has 0 bridgehead atoms. The minimum absolute atomic E-state index is 0.0308. The molecule has 2 heterocycles. The van der Waals surface area contributed by atoms with Gasteiger partial charge < -0.3 is 5.11 Å². The maximum absolute atomic E-state index is 13.4. The first kappa shape index (κ1) is 24.4. The van der Waals surface area contributed by atoms with Crippen LogP contribution in [0.1, 0.15) is 23.2 Å². The first-order chi connectivity index (χ1) is 16.9. The Kier molecular flexibility index (Phi) is 5.71. The molecule has 0 radical (unpaired) electrons. The fourth-order valence-electron chi connectivity index (χ4n) is 5.24. The summed E-state index contributed by atoms with van der Waals surface area (Å²) in [5.74, 6) is -1.93. The summed E-state index contributed by atoms with van der Waals surface area (Å²) in [5, 5.41) is 14.6. The molecule has 36 heavy (non-hydrogen) atoms. The smallest absolute Gasteiger partial charge is 0.416 e. The Balaban J connectivity index is 1.46. The number of carboxylic acid groups (broad SMARTS) is 1. The maximum atomic E-state index is 13.4. The molecule has 190 valence electrons. The van der Waals surface area contributed by atoms with Gasteiger partial charge in [-0.15, -0.1) is 0 Å². The molecule has 0 spiro atoms. The summed E-state index contributed by atoms with van der Waals surface area (Å²) in [6, 6.07) is 8.93. The molecule has 1 aliphatic heterocycles. The number of aromatic nitrogens is 2. The highest BCUT2D eigenvalue weighted by Crippen LogP contribution is 2.47. The fraction of sp³-hybridized carbons (Fsp3) is 0.333. The molecule has 7 nitrogen and oxygen atoms in total. The van der Waals surface area contributed by atoms with Crippen LogP contribution in [0.3, 0.4) is 0 Å². The Hall–Kier alpha value is -3.25. The SMILES string of the molecule is O=C(O)C12Cc3cnn(-c4ccc(F)cc4)c3CC1CCN(S(=O)(=O)c1ccc(C(F)(F)F)cc1)C2. The second kappa shape index (κ2) is 8.41. The van der Waals surface area contributed by atoms with Gasteiger partial charge in [0.15, 0.2) is 0 Å². The van der Waals surface area contributed by atoms with Gasteiger partial charge in [0.05, 0.1) is 27.8 Å². The van der Waals surface area contributed by atoms with Gasteiger partial charge in [-0.3, -0.25) is 4.79 Å². The number of carboxylic acids is 1. The van der Waals surface area contributed by atoms with E-state index in [4.69, 9.17) is 0 Å². The van der Waals surface area contributed by atoms with E-state index in [-0.39, 0.29) is 30.8 Å². The van der Waals surface area contributed by atoms with E-state index in [1.807, 2.05) is 0 Å². The Morgan fingerprint density at radius 1 is 1.08 bits per heavy atom. The molecule has 0 amide bonds.